The van der Waals surface area contributed by atoms with Crippen molar-refractivity contribution in [3.05, 3.63) is 82.9 Å². The Kier molecular flexibility index (Phi) is 8.16. The molecule has 2 aliphatic rings. The molecule has 0 saturated heterocycles. The van der Waals surface area contributed by atoms with Gasteiger partial charge in [0.25, 0.3) is 0 Å². The van der Waals surface area contributed by atoms with E-state index in [0.717, 1.165) is 55.2 Å². The van der Waals surface area contributed by atoms with Crippen LogP contribution in [-0.4, -0.2) is 18.2 Å². The van der Waals surface area contributed by atoms with Gasteiger partial charge in [-0.1, -0.05) is 51.3 Å². The summed E-state index contributed by atoms with van der Waals surface area (Å²) in [5.41, 5.74) is 4.10. The first-order valence-electron chi connectivity index (χ1n) is 14.2. The molecular weight excluding hydrogens is 510 g/mol. The van der Waals surface area contributed by atoms with Gasteiger partial charge in [-0.15, -0.1) is 0 Å². The van der Waals surface area contributed by atoms with E-state index in [4.69, 9.17) is 9.47 Å². The van der Waals surface area contributed by atoms with E-state index in [1.54, 1.807) is 25.3 Å². The molecule has 0 amide bonds. The van der Waals surface area contributed by atoms with Crippen LogP contribution in [0.25, 0.3) is 11.1 Å². The molecule has 3 aromatic carbocycles. The summed E-state index contributed by atoms with van der Waals surface area (Å²) in [5.74, 6) is -0.0934. The molecule has 40 heavy (non-hydrogen) atoms. The smallest absolute Gasteiger partial charge is 0.303 e. The number of ether oxygens (including phenoxy) is 2. The Morgan fingerprint density at radius 1 is 1.00 bits per heavy atom. The molecule has 5 rings (SSSR count). The molecule has 6 heteroatoms. The van der Waals surface area contributed by atoms with Crippen molar-refractivity contribution in [3.63, 3.8) is 0 Å². The minimum absolute atomic E-state index is 0.0256. The highest BCUT2D eigenvalue weighted by atomic mass is 19.1. The predicted octanol–water partition coefficient (Wildman–Crippen LogP) is 8.87. The number of carboxylic acid groups (broad SMARTS) is 1. The average Bonchev–Trinajstić information content (AvgIpc) is 3.66. The Bertz CT molecular complexity index is 1380. The van der Waals surface area contributed by atoms with Crippen LogP contribution in [0.3, 0.4) is 0 Å². The molecule has 2 atom stereocenters. The molecule has 2 saturated carbocycles. The third kappa shape index (κ3) is 6.48. The Morgan fingerprint density at radius 3 is 2.48 bits per heavy atom. The fourth-order valence-corrected chi connectivity index (χ4v) is 6.35. The fraction of sp³-hybridized carbons (Fsp3) is 0.441. The maximum Gasteiger partial charge on any atom is 0.303 e. The van der Waals surface area contributed by atoms with Gasteiger partial charge in [0, 0.05) is 11.6 Å². The van der Waals surface area contributed by atoms with Gasteiger partial charge in [-0.3, -0.25) is 4.79 Å². The highest BCUT2D eigenvalue weighted by molar-refractivity contribution is 5.71. The molecule has 2 aliphatic carbocycles. The second-order valence-corrected chi connectivity index (χ2v) is 12.2. The normalized spacial score (nSPS) is 18.9. The summed E-state index contributed by atoms with van der Waals surface area (Å²) in [6.45, 7) is 4.75. The first kappa shape index (κ1) is 28.1. The number of halogens is 2. The van der Waals surface area contributed by atoms with Crippen LogP contribution < -0.4 is 9.47 Å². The molecule has 0 heterocycles. The average molecular weight is 549 g/mol. The van der Waals surface area contributed by atoms with Crippen LogP contribution in [0, 0.1) is 23.0 Å². The van der Waals surface area contributed by atoms with Gasteiger partial charge in [0.15, 0.2) is 0 Å². The van der Waals surface area contributed by atoms with Crippen molar-refractivity contribution >= 4 is 5.97 Å². The second kappa shape index (κ2) is 11.6. The largest absolute Gasteiger partial charge is 0.497 e. The van der Waals surface area contributed by atoms with Crippen LogP contribution in [-0.2, 0) is 11.4 Å². The van der Waals surface area contributed by atoms with E-state index in [9.17, 15) is 14.3 Å². The van der Waals surface area contributed by atoms with Crippen molar-refractivity contribution < 1.29 is 28.2 Å². The SMILES string of the molecule is COc1ccc(F)c(-c2ccc(COc3cc(F)cc([C@@H](CC(=O)O)CC4CC4)c3)cc2[C@H]2CCCC2(C)C)c1. The topological polar surface area (TPSA) is 55.8 Å². The highest BCUT2D eigenvalue weighted by Gasteiger charge is 2.37. The number of aliphatic carboxylic acids is 1. The monoisotopic (exact) mass is 548 g/mol. The molecule has 2 fully saturated rings. The third-order valence-corrected chi connectivity index (χ3v) is 8.72. The Labute approximate surface area is 235 Å². The number of hydrogen-bond donors (Lipinski definition) is 1. The summed E-state index contributed by atoms with van der Waals surface area (Å²) < 4.78 is 41.2. The van der Waals surface area contributed by atoms with E-state index >= 15 is 4.39 Å². The van der Waals surface area contributed by atoms with Crippen LogP contribution >= 0.6 is 0 Å². The molecule has 0 aromatic heterocycles. The summed E-state index contributed by atoms with van der Waals surface area (Å²) >= 11 is 0. The fourth-order valence-electron chi connectivity index (χ4n) is 6.35. The first-order valence-corrected chi connectivity index (χ1v) is 14.2. The second-order valence-electron chi connectivity index (χ2n) is 12.2. The van der Waals surface area contributed by atoms with Crippen molar-refractivity contribution in [3.8, 4) is 22.6 Å². The van der Waals surface area contributed by atoms with Crippen molar-refractivity contribution in [2.24, 2.45) is 11.3 Å². The van der Waals surface area contributed by atoms with E-state index in [0.29, 0.717) is 28.5 Å². The minimum Gasteiger partial charge on any atom is -0.497 e. The molecule has 0 spiro atoms. The lowest BCUT2D eigenvalue weighted by molar-refractivity contribution is -0.137. The number of rotatable bonds is 11. The van der Waals surface area contributed by atoms with E-state index in [1.807, 2.05) is 12.1 Å². The van der Waals surface area contributed by atoms with E-state index in [1.165, 1.54) is 18.2 Å². The Balaban J connectivity index is 1.44. The van der Waals surface area contributed by atoms with E-state index in [-0.39, 0.29) is 36.1 Å². The van der Waals surface area contributed by atoms with Crippen molar-refractivity contribution in [2.45, 2.75) is 77.2 Å². The van der Waals surface area contributed by atoms with Gasteiger partial charge in [0.05, 0.1) is 13.5 Å². The molecule has 0 radical (unpaired) electrons. The Morgan fingerprint density at radius 2 is 1.80 bits per heavy atom. The van der Waals surface area contributed by atoms with Crippen LogP contribution in [0.1, 0.15) is 87.3 Å². The molecule has 3 aromatic rings. The Hall–Kier alpha value is -3.41. The first-order chi connectivity index (χ1) is 19.1. The van der Waals surface area contributed by atoms with Gasteiger partial charge in [0.1, 0.15) is 29.7 Å². The molecular formula is C34H38F2O4. The van der Waals surface area contributed by atoms with E-state index in [2.05, 4.69) is 19.9 Å². The summed E-state index contributed by atoms with van der Waals surface area (Å²) in [5, 5.41) is 9.42. The van der Waals surface area contributed by atoms with Crippen LogP contribution in [0.2, 0.25) is 0 Å². The zero-order valence-corrected chi connectivity index (χ0v) is 23.5. The van der Waals surface area contributed by atoms with Gasteiger partial charge < -0.3 is 14.6 Å². The minimum atomic E-state index is -0.882. The quantitative estimate of drug-likeness (QED) is 0.260. The molecule has 0 bridgehead atoms. The van der Waals surface area contributed by atoms with Crippen LogP contribution in [0.4, 0.5) is 8.78 Å². The summed E-state index contributed by atoms with van der Waals surface area (Å²) in [4.78, 5) is 11.5. The molecule has 0 unspecified atom stereocenters. The van der Waals surface area contributed by atoms with Gasteiger partial charge in [-0.25, -0.2) is 8.78 Å². The van der Waals surface area contributed by atoms with Gasteiger partial charge in [0.2, 0.25) is 0 Å². The van der Waals surface area contributed by atoms with Crippen molar-refractivity contribution in [2.75, 3.05) is 7.11 Å². The van der Waals surface area contributed by atoms with Crippen LogP contribution in [0.15, 0.2) is 54.6 Å². The zero-order chi connectivity index (χ0) is 28.4. The third-order valence-electron chi connectivity index (χ3n) is 8.72. The maximum absolute atomic E-state index is 15.1. The standard InChI is InChI=1S/C34H38F2O4/c1-34(2)12-4-5-31(34)29-14-22(8-10-28(29)30-19-26(39-3)9-11-32(30)36)20-40-27-16-24(15-25(35)18-27)23(17-33(37)38)13-21-6-7-21/h8-11,14-16,18-19,21,23,31H,4-7,12-13,17,20H2,1-3H3,(H,37,38)/t23-,31-/m1/s1. The van der Waals surface area contributed by atoms with Gasteiger partial charge >= 0.3 is 5.97 Å². The molecule has 212 valence electrons. The molecule has 1 N–H and O–H groups in total. The number of methoxy groups -OCH3 is 1. The van der Waals surface area contributed by atoms with Crippen molar-refractivity contribution in [1.82, 2.24) is 0 Å². The van der Waals surface area contributed by atoms with Crippen LogP contribution in [0.5, 0.6) is 11.5 Å². The lowest BCUT2D eigenvalue weighted by atomic mass is 9.75. The molecule has 0 aliphatic heterocycles. The van der Waals surface area contributed by atoms with Gasteiger partial charge in [-0.05, 0) is 95.0 Å². The number of benzene rings is 3. The maximum atomic E-state index is 15.1. The lowest BCUT2D eigenvalue weighted by Gasteiger charge is -2.30. The summed E-state index contributed by atoms with van der Waals surface area (Å²) in [7, 11) is 1.58. The van der Waals surface area contributed by atoms with Crippen molar-refractivity contribution in [1.29, 1.82) is 0 Å². The molecule has 4 nitrogen and oxygen atoms in total. The number of carbonyl (C=O) groups is 1. The summed E-state index contributed by atoms with van der Waals surface area (Å²) in [6, 6.07) is 15.4. The lowest BCUT2D eigenvalue weighted by Crippen LogP contribution is -2.17. The van der Waals surface area contributed by atoms with E-state index < -0.39 is 11.8 Å². The zero-order valence-electron chi connectivity index (χ0n) is 23.5. The number of hydrogen-bond acceptors (Lipinski definition) is 3. The summed E-state index contributed by atoms with van der Waals surface area (Å²) in [6.07, 6.45) is 6.16. The van der Waals surface area contributed by atoms with Gasteiger partial charge in [-0.2, -0.15) is 0 Å². The highest BCUT2D eigenvalue weighted by Crippen LogP contribution is 2.51. The number of carboxylic acids is 1. The predicted molar refractivity (Wildman–Crippen MR) is 152 cm³/mol.